The third-order valence-corrected chi connectivity index (χ3v) is 7.89. The van der Waals surface area contributed by atoms with Gasteiger partial charge in [-0.3, -0.25) is 0 Å². The molecule has 0 bridgehead atoms. The summed E-state index contributed by atoms with van der Waals surface area (Å²) in [7, 11) is 0. The minimum absolute atomic E-state index is 0.109. The largest absolute Gasteiger partial charge is 0.375 e. The summed E-state index contributed by atoms with van der Waals surface area (Å²) in [5.41, 5.74) is 10.3. The minimum Gasteiger partial charge on any atom is -0.375 e. The van der Waals surface area contributed by atoms with Gasteiger partial charge in [0.05, 0.1) is 38.6 Å². The second kappa shape index (κ2) is 22.1. The number of unbranched alkanes of at least 4 members (excludes halogenated alkanes) is 10. The number of benzene rings is 3. The van der Waals surface area contributed by atoms with Gasteiger partial charge in [0.2, 0.25) is 0 Å². The van der Waals surface area contributed by atoms with Gasteiger partial charge in [-0.15, -0.1) is 0 Å². The van der Waals surface area contributed by atoms with E-state index in [1.54, 1.807) is 0 Å². The first-order valence-electron chi connectivity index (χ1n) is 16.4. The van der Waals surface area contributed by atoms with Crippen LogP contribution < -0.4 is 5.73 Å². The van der Waals surface area contributed by atoms with Crippen molar-refractivity contribution in [2.24, 2.45) is 5.73 Å². The molecule has 3 aromatic rings. The van der Waals surface area contributed by atoms with E-state index in [0.717, 1.165) is 29.5 Å². The van der Waals surface area contributed by atoms with Crippen molar-refractivity contribution in [3.05, 3.63) is 108 Å². The number of nitrogens with two attached hydrogens (primary N) is 1. The maximum Gasteiger partial charge on any atom is 0.101 e. The second-order valence-electron chi connectivity index (χ2n) is 11.6. The lowest BCUT2D eigenvalue weighted by Gasteiger charge is -2.32. The van der Waals surface area contributed by atoms with Crippen LogP contribution in [-0.2, 0) is 34.0 Å². The molecule has 2 N–H and O–H groups in total. The van der Waals surface area contributed by atoms with Crippen molar-refractivity contribution in [1.29, 1.82) is 0 Å². The zero-order chi connectivity index (χ0) is 29.5. The van der Waals surface area contributed by atoms with E-state index in [-0.39, 0.29) is 18.2 Å². The maximum atomic E-state index is 6.81. The predicted octanol–water partition coefficient (Wildman–Crippen LogP) is 9.40. The molecule has 0 amide bonds. The molecule has 3 rings (SSSR count). The second-order valence-corrected chi connectivity index (χ2v) is 11.6. The highest BCUT2D eigenvalue weighted by atomic mass is 16.5. The van der Waals surface area contributed by atoms with Crippen LogP contribution in [0.5, 0.6) is 0 Å². The Morgan fingerprint density at radius 2 is 0.952 bits per heavy atom. The first kappa shape index (κ1) is 34.0. The molecule has 0 fully saturated rings. The first-order chi connectivity index (χ1) is 20.8. The normalized spacial score (nSPS) is 13.6. The lowest BCUT2D eigenvalue weighted by molar-refractivity contribution is -0.108. The molecule has 3 aromatic carbocycles. The number of hydrogen-bond acceptors (Lipinski definition) is 4. The zero-order valence-corrected chi connectivity index (χ0v) is 26.0. The summed E-state index contributed by atoms with van der Waals surface area (Å²) < 4.78 is 19.2. The molecule has 0 radical (unpaired) electrons. The average molecular weight is 574 g/mol. The number of rotatable bonds is 24. The van der Waals surface area contributed by atoms with Crippen molar-refractivity contribution in [2.45, 2.75) is 122 Å². The van der Waals surface area contributed by atoms with Gasteiger partial charge in [-0.25, -0.2) is 0 Å². The van der Waals surface area contributed by atoms with Crippen LogP contribution in [0.1, 0.15) is 101 Å². The van der Waals surface area contributed by atoms with Crippen molar-refractivity contribution >= 4 is 0 Å². The maximum absolute atomic E-state index is 6.81. The van der Waals surface area contributed by atoms with Gasteiger partial charge in [-0.05, 0) is 23.1 Å². The van der Waals surface area contributed by atoms with Crippen LogP contribution in [0.4, 0.5) is 0 Å². The minimum atomic E-state index is -0.300. The van der Waals surface area contributed by atoms with Gasteiger partial charge in [-0.2, -0.15) is 0 Å². The third kappa shape index (κ3) is 14.6. The van der Waals surface area contributed by atoms with E-state index in [0.29, 0.717) is 26.4 Å². The Morgan fingerprint density at radius 3 is 1.45 bits per heavy atom. The van der Waals surface area contributed by atoms with E-state index in [9.17, 15) is 0 Å². The fourth-order valence-electron chi connectivity index (χ4n) is 5.38. The van der Waals surface area contributed by atoms with Crippen LogP contribution >= 0.6 is 0 Å². The summed E-state index contributed by atoms with van der Waals surface area (Å²) in [6, 6.07) is 30.6. The van der Waals surface area contributed by atoms with Crippen molar-refractivity contribution in [3.63, 3.8) is 0 Å². The fourth-order valence-corrected chi connectivity index (χ4v) is 5.38. The quantitative estimate of drug-likeness (QED) is 0.108. The van der Waals surface area contributed by atoms with E-state index >= 15 is 0 Å². The molecular formula is C38H55NO3. The van der Waals surface area contributed by atoms with E-state index in [4.69, 9.17) is 19.9 Å². The molecule has 4 heteroatoms. The van der Waals surface area contributed by atoms with Crippen LogP contribution in [0.15, 0.2) is 91.0 Å². The molecule has 0 spiro atoms. The Labute approximate surface area is 256 Å². The third-order valence-electron chi connectivity index (χ3n) is 7.89. The molecule has 0 aliphatic rings. The molecule has 3 atom stereocenters. The highest BCUT2D eigenvalue weighted by Gasteiger charge is 2.29. The summed E-state index contributed by atoms with van der Waals surface area (Å²) in [4.78, 5) is 0. The van der Waals surface area contributed by atoms with Crippen LogP contribution in [0.25, 0.3) is 0 Å². The highest BCUT2D eigenvalue weighted by molar-refractivity contribution is 5.15. The lowest BCUT2D eigenvalue weighted by atomic mass is 9.99. The Morgan fingerprint density at radius 1 is 0.524 bits per heavy atom. The Bertz CT molecular complexity index is 1010. The van der Waals surface area contributed by atoms with Crippen molar-refractivity contribution in [1.82, 2.24) is 0 Å². The highest BCUT2D eigenvalue weighted by Crippen LogP contribution is 2.21. The van der Waals surface area contributed by atoms with Crippen molar-refractivity contribution in [2.75, 3.05) is 6.61 Å². The van der Waals surface area contributed by atoms with E-state index < -0.39 is 0 Å². The van der Waals surface area contributed by atoms with Crippen LogP contribution in [0, 0.1) is 0 Å². The van der Waals surface area contributed by atoms with E-state index in [1.807, 2.05) is 42.5 Å². The average Bonchev–Trinajstić information content (AvgIpc) is 3.03. The first-order valence-corrected chi connectivity index (χ1v) is 16.4. The van der Waals surface area contributed by atoms with Gasteiger partial charge in [0, 0.05) is 0 Å². The van der Waals surface area contributed by atoms with Crippen molar-refractivity contribution < 1.29 is 14.2 Å². The molecule has 0 unspecified atom stereocenters. The Balaban J connectivity index is 1.56. The number of ether oxygens (including phenoxy) is 3. The zero-order valence-electron chi connectivity index (χ0n) is 26.0. The summed E-state index contributed by atoms with van der Waals surface area (Å²) >= 11 is 0. The van der Waals surface area contributed by atoms with Crippen LogP contribution in [0.3, 0.4) is 0 Å². The summed E-state index contributed by atoms with van der Waals surface area (Å²) in [6.45, 7) is 4.28. The Kier molecular flexibility index (Phi) is 17.9. The molecule has 230 valence electrons. The lowest BCUT2D eigenvalue weighted by Crippen LogP contribution is -2.48. The van der Waals surface area contributed by atoms with Gasteiger partial charge in [0.15, 0.2) is 0 Å². The summed E-state index contributed by atoms with van der Waals surface area (Å²) in [5, 5.41) is 0. The predicted molar refractivity (Wildman–Crippen MR) is 175 cm³/mol. The summed E-state index contributed by atoms with van der Waals surface area (Å²) in [5.74, 6) is 0. The molecule has 0 aromatic heterocycles. The molecule has 0 saturated carbocycles. The van der Waals surface area contributed by atoms with E-state index in [2.05, 4.69) is 55.5 Å². The Hall–Kier alpha value is -2.50. The molecule has 4 nitrogen and oxygen atoms in total. The van der Waals surface area contributed by atoms with Gasteiger partial charge in [-0.1, -0.05) is 169 Å². The van der Waals surface area contributed by atoms with Crippen molar-refractivity contribution in [3.8, 4) is 0 Å². The molecule has 42 heavy (non-hydrogen) atoms. The van der Waals surface area contributed by atoms with Crippen LogP contribution in [-0.4, -0.2) is 24.9 Å². The topological polar surface area (TPSA) is 53.7 Å². The molecule has 0 heterocycles. The molecule has 0 saturated heterocycles. The van der Waals surface area contributed by atoms with Crippen LogP contribution in [0.2, 0.25) is 0 Å². The molecule has 0 aliphatic carbocycles. The molecule has 0 aliphatic heterocycles. The van der Waals surface area contributed by atoms with E-state index in [1.165, 1.54) is 64.2 Å². The monoisotopic (exact) mass is 573 g/mol. The van der Waals surface area contributed by atoms with Gasteiger partial charge in [0.1, 0.15) is 6.10 Å². The van der Waals surface area contributed by atoms with Gasteiger partial charge < -0.3 is 19.9 Å². The standard InChI is InChI=1S/C38H55NO3/c1-2-3-4-5-6-7-8-9-10-11-21-28-37(41-30-34-24-17-13-18-25-34)38(42-31-35-26-19-14-20-27-35)36(39)32-40-29-33-22-15-12-16-23-33/h12-20,22-27,36-38H,2-11,21,28-32,39H2,1H3/t36-,37+,38-/m0/s1. The fraction of sp³-hybridized carbons (Fsp3) is 0.526. The van der Waals surface area contributed by atoms with Gasteiger partial charge in [0.25, 0.3) is 0 Å². The van der Waals surface area contributed by atoms with Gasteiger partial charge >= 0.3 is 0 Å². The smallest absolute Gasteiger partial charge is 0.101 e. The SMILES string of the molecule is CCCCCCCCCCCCC[C@@H](OCc1ccccc1)[C@@H](OCc1ccccc1)[C@@H](N)COCc1ccccc1. The summed E-state index contributed by atoms with van der Waals surface area (Å²) in [6.07, 6.45) is 15.1. The number of hydrogen-bond donors (Lipinski definition) is 1. The molecular weight excluding hydrogens is 518 g/mol.